The van der Waals surface area contributed by atoms with E-state index in [4.69, 9.17) is 4.42 Å². The van der Waals surface area contributed by atoms with E-state index in [0.29, 0.717) is 25.5 Å². The van der Waals surface area contributed by atoms with Gasteiger partial charge in [0.25, 0.3) is 0 Å². The lowest BCUT2D eigenvalue weighted by Gasteiger charge is -2.19. The summed E-state index contributed by atoms with van der Waals surface area (Å²) < 4.78 is 5.78. The van der Waals surface area contributed by atoms with E-state index in [-0.39, 0.29) is 29.9 Å². The van der Waals surface area contributed by atoms with Gasteiger partial charge in [0.2, 0.25) is 5.91 Å². The molecule has 0 aliphatic carbocycles. The third kappa shape index (κ3) is 6.51. The number of carbonyl (C=O) groups excluding carboxylic acids is 1. The van der Waals surface area contributed by atoms with Crippen LogP contribution in [0.5, 0.6) is 0 Å². The average Bonchev–Trinajstić information content (AvgIpc) is 3.03. The molecular formula is C19H29IN4O2. The molecule has 0 spiro atoms. The van der Waals surface area contributed by atoms with Crippen LogP contribution in [-0.4, -0.2) is 42.9 Å². The number of halogens is 1. The van der Waals surface area contributed by atoms with Gasteiger partial charge in [-0.3, -0.25) is 4.79 Å². The van der Waals surface area contributed by atoms with Crippen LogP contribution in [0.15, 0.2) is 39.7 Å². The summed E-state index contributed by atoms with van der Waals surface area (Å²) in [4.78, 5) is 18.4. The van der Waals surface area contributed by atoms with Gasteiger partial charge in [0.1, 0.15) is 17.9 Å². The van der Waals surface area contributed by atoms with Crippen molar-refractivity contribution in [2.45, 2.75) is 33.7 Å². The highest BCUT2D eigenvalue weighted by Crippen LogP contribution is 2.19. The number of amides is 1. The maximum atomic E-state index is 12.0. The van der Waals surface area contributed by atoms with Crippen LogP contribution >= 0.6 is 24.0 Å². The fourth-order valence-electron chi connectivity index (χ4n) is 2.64. The van der Waals surface area contributed by atoms with Gasteiger partial charge in [-0.15, -0.1) is 24.0 Å². The smallest absolute Gasteiger partial charge is 0.224 e. The van der Waals surface area contributed by atoms with Gasteiger partial charge in [-0.05, 0) is 32.9 Å². The Labute approximate surface area is 172 Å². The average molecular weight is 472 g/mol. The molecule has 2 aromatic rings. The van der Waals surface area contributed by atoms with Gasteiger partial charge in [-0.2, -0.15) is 0 Å². The Morgan fingerprint density at radius 3 is 2.54 bits per heavy atom. The minimum Gasteiger partial charge on any atom is -0.459 e. The number of hydrogen-bond acceptors (Lipinski definition) is 3. The lowest BCUT2D eigenvalue weighted by atomic mass is 10.2. The monoisotopic (exact) mass is 472 g/mol. The van der Waals surface area contributed by atoms with Gasteiger partial charge in [0, 0.05) is 38.0 Å². The molecule has 26 heavy (non-hydrogen) atoms. The van der Waals surface area contributed by atoms with Crippen LogP contribution in [0.25, 0.3) is 11.0 Å². The molecule has 0 fully saturated rings. The molecule has 0 bridgehead atoms. The van der Waals surface area contributed by atoms with E-state index in [9.17, 15) is 4.79 Å². The second-order valence-electron chi connectivity index (χ2n) is 5.69. The van der Waals surface area contributed by atoms with E-state index < -0.39 is 0 Å². The summed E-state index contributed by atoms with van der Waals surface area (Å²) in [5.74, 6) is 1.67. The minimum absolute atomic E-state index is 0. The zero-order chi connectivity index (χ0) is 18.1. The summed E-state index contributed by atoms with van der Waals surface area (Å²) in [6, 6.07) is 9.92. The Morgan fingerprint density at radius 1 is 1.15 bits per heavy atom. The number of carbonyl (C=O) groups is 1. The van der Waals surface area contributed by atoms with E-state index in [2.05, 4.69) is 15.6 Å². The quantitative estimate of drug-likeness (QED) is 0.351. The lowest BCUT2D eigenvalue weighted by molar-refractivity contribution is -0.130. The number of rotatable bonds is 8. The molecule has 0 unspecified atom stereocenters. The van der Waals surface area contributed by atoms with Crippen molar-refractivity contribution < 1.29 is 9.21 Å². The molecule has 7 heteroatoms. The van der Waals surface area contributed by atoms with Gasteiger partial charge in [-0.1, -0.05) is 18.2 Å². The van der Waals surface area contributed by atoms with Crippen molar-refractivity contribution in [1.82, 2.24) is 15.5 Å². The van der Waals surface area contributed by atoms with Crippen molar-refractivity contribution in [1.29, 1.82) is 0 Å². The van der Waals surface area contributed by atoms with E-state index in [0.717, 1.165) is 36.4 Å². The first-order valence-corrected chi connectivity index (χ1v) is 8.95. The van der Waals surface area contributed by atoms with Crippen LogP contribution < -0.4 is 10.6 Å². The molecule has 2 rings (SSSR count). The molecule has 0 saturated heterocycles. The van der Waals surface area contributed by atoms with Crippen molar-refractivity contribution in [3.05, 3.63) is 36.1 Å². The summed E-state index contributed by atoms with van der Waals surface area (Å²) in [6.07, 6.45) is 0.455. The van der Waals surface area contributed by atoms with Crippen molar-refractivity contribution in [3.63, 3.8) is 0 Å². The van der Waals surface area contributed by atoms with Crippen LogP contribution in [0.4, 0.5) is 0 Å². The van der Waals surface area contributed by atoms with Gasteiger partial charge >= 0.3 is 0 Å². The molecule has 0 aliphatic heterocycles. The van der Waals surface area contributed by atoms with E-state index >= 15 is 0 Å². The summed E-state index contributed by atoms with van der Waals surface area (Å²) >= 11 is 0. The zero-order valence-electron chi connectivity index (χ0n) is 15.7. The maximum Gasteiger partial charge on any atom is 0.224 e. The number of fused-ring (bicyclic) bond motifs is 1. The number of hydrogen-bond donors (Lipinski definition) is 2. The number of para-hydroxylation sites is 1. The first kappa shape index (κ1) is 22.3. The number of nitrogens with one attached hydrogen (secondary N) is 2. The largest absolute Gasteiger partial charge is 0.459 e. The molecule has 6 nitrogen and oxygen atoms in total. The van der Waals surface area contributed by atoms with E-state index in [1.54, 1.807) is 0 Å². The minimum atomic E-state index is 0. The molecular weight excluding hydrogens is 443 g/mol. The predicted molar refractivity (Wildman–Crippen MR) is 117 cm³/mol. The molecule has 0 saturated carbocycles. The number of nitrogens with zero attached hydrogens (tertiary/aromatic N) is 2. The van der Waals surface area contributed by atoms with Crippen molar-refractivity contribution in [2.24, 2.45) is 4.99 Å². The van der Waals surface area contributed by atoms with Crippen LogP contribution in [0.3, 0.4) is 0 Å². The first-order chi connectivity index (χ1) is 12.2. The van der Waals surface area contributed by atoms with Crippen LogP contribution in [0, 0.1) is 0 Å². The van der Waals surface area contributed by atoms with Gasteiger partial charge in [-0.25, -0.2) is 4.99 Å². The fourth-order valence-corrected chi connectivity index (χ4v) is 2.64. The van der Waals surface area contributed by atoms with Crippen LogP contribution in [0.1, 0.15) is 33.0 Å². The highest BCUT2D eigenvalue weighted by Gasteiger charge is 2.09. The number of guanidine groups is 1. The van der Waals surface area contributed by atoms with Gasteiger partial charge in [0.15, 0.2) is 5.96 Å². The Bertz CT molecular complexity index is 677. The second-order valence-corrected chi connectivity index (χ2v) is 5.69. The van der Waals surface area contributed by atoms with E-state index in [1.165, 1.54) is 0 Å². The standard InChI is InChI=1S/C19H28N4O2.HI/c1-4-20-19(21-12-11-18(24)23(5-2)6-3)22-14-16-13-15-9-7-8-10-17(15)25-16;/h7-10,13H,4-6,11-12,14H2,1-3H3,(H2,20,21,22);1H. The Morgan fingerprint density at radius 2 is 1.88 bits per heavy atom. The third-order valence-corrected chi connectivity index (χ3v) is 3.96. The Balaban J connectivity index is 0.00000338. The number of aliphatic imine (C=N–C) groups is 1. The van der Waals surface area contributed by atoms with Crippen molar-refractivity contribution in [3.8, 4) is 0 Å². The molecule has 0 aliphatic rings. The highest BCUT2D eigenvalue weighted by atomic mass is 127. The maximum absolute atomic E-state index is 12.0. The summed E-state index contributed by atoms with van der Waals surface area (Å²) in [5, 5.41) is 7.48. The first-order valence-electron chi connectivity index (χ1n) is 8.95. The van der Waals surface area contributed by atoms with Crippen LogP contribution in [0.2, 0.25) is 0 Å². The molecule has 1 amide bonds. The molecule has 1 aromatic carbocycles. The van der Waals surface area contributed by atoms with Gasteiger partial charge in [0.05, 0.1) is 0 Å². The predicted octanol–water partition coefficient (Wildman–Crippen LogP) is 3.36. The van der Waals surface area contributed by atoms with Crippen molar-refractivity contribution in [2.75, 3.05) is 26.2 Å². The lowest BCUT2D eigenvalue weighted by Crippen LogP contribution is -2.40. The van der Waals surface area contributed by atoms with Crippen LogP contribution in [-0.2, 0) is 11.3 Å². The van der Waals surface area contributed by atoms with Crippen molar-refractivity contribution >= 4 is 46.8 Å². The summed E-state index contributed by atoms with van der Waals surface area (Å²) in [7, 11) is 0. The molecule has 2 N–H and O–H groups in total. The molecule has 144 valence electrons. The van der Waals surface area contributed by atoms with Gasteiger partial charge < -0.3 is 20.0 Å². The molecule has 0 atom stereocenters. The molecule has 1 heterocycles. The zero-order valence-corrected chi connectivity index (χ0v) is 18.1. The second kappa shape index (κ2) is 11.8. The normalized spacial score (nSPS) is 11.1. The Kier molecular flexibility index (Phi) is 10.1. The number of benzene rings is 1. The Hall–Kier alpha value is -1.77. The topological polar surface area (TPSA) is 69.9 Å². The fraction of sp³-hybridized carbons (Fsp3) is 0.474. The summed E-state index contributed by atoms with van der Waals surface area (Å²) in [6.45, 7) is 9.26. The molecule has 0 radical (unpaired) electrons. The third-order valence-electron chi connectivity index (χ3n) is 3.96. The number of furan rings is 1. The van der Waals surface area contributed by atoms with E-state index in [1.807, 2.05) is 56.0 Å². The highest BCUT2D eigenvalue weighted by molar-refractivity contribution is 14.0. The molecule has 1 aromatic heterocycles. The summed E-state index contributed by atoms with van der Waals surface area (Å²) in [5.41, 5.74) is 0.871. The SMILES string of the molecule is CCNC(=NCc1cc2ccccc2o1)NCCC(=O)N(CC)CC.I.